The molecule has 0 saturated carbocycles. The van der Waals surface area contributed by atoms with Crippen LogP contribution in [0, 0.1) is 0 Å². The molecule has 0 spiro atoms. The van der Waals surface area contributed by atoms with Crippen molar-refractivity contribution in [3.05, 3.63) is 24.8 Å². The van der Waals surface area contributed by atoms with Gasteiger partial charge in [-0.15, -0.1) is 30.1 Å². The van der Waals surface area contributed by atoms with Crippen molar-refractivity contribution in [2.75, 3.05) is 12.0 Å². The van der Waals surface area contributed by atoms with Crippen LogP contribution in [0.1, 0.15) is 20.3 Å². The monoisotopic (exact) mass is 202 g/mol. The van der Waals surface area contributed by atoms with E-state index in [9.17, 15) is 0 Å². The van der Waals surface area contributed by atoms with E-state index in [0.29, 0.717) is 4.08 Å². The average Bonchev–Trinajstić information content (AvgIpc) is 2.06. The molecule has 0 aliphatic rings. The number of hydrogen-bond acceptors (Lipinski definition) is 2. The molecule has 0 N–H and O–H groups in total. The van der Waals surface area contributed by atoms with E-state index >= 15 is 0 Å². The maximum absolute atomic E-state index is 3.78. The van der Waals surface area contributed by atoms with Gasteiger partial charge in [-0.3, -0.25) is 0 Å². The summed E-state index contributed by atoms with van der Waals surface area (Å²) in [7, 11) is 0. The summed E-state index contributed by atoms with van der Waals surface area (Å²) in [6.45, 7) is 8.11. The van der Waals surface area contributed by atoms with Crippen LogP contribution in [0.3, 0.4) is 0 Å². The first-order chi connectivity index (χ1) is 5.68. The van der Waals surface area contributed by atoms with Gasteiger partial charge in [0.05, 0.1) is 4.08 Å². The Balaban J connectivity index is 3.86. The molecule has 1 unspecified atom stereocenters. The standard InChI is InChI=1S/C10H18S2/c1-5-7-9-12-10(3,11-4)8-6-2/h5-7H,2,8-9H2,1,3-4H3. The molecule has 12 heavy (non-hydrogen) atoms. The fourth-order valence-electron chi connectivity index (χ4n) is 0.784. The van der Waals surface area contributed by atoms with E-state index in [1.165, 1.54) is 0 Å². The predicted molar refractivity (Wildman–Crippen MR) is 64.0 cm³/mol. The minimum absolute atomic E-state index is 0.307. The molecule has 0 aromatic rings. The summed E-state index contributed by atoms with van der Waals surface area (Å²) in [5, 5.41) is 0. The molecule has 0 saturated heterocycles. The molecule has 1 atom stereocenters. The Kier molecular flexibility index (Phi) is 6.77. The maximum Gasteiger partial charge on any atom is 0.0617 e. The Morgan fingerprint density at radius 2 is 2.17 bits per heavy atom. The molecule has 0 nitrogen and oxygen atoms in total. The fourth-order valence-corrected chi connectivity index (χ4v) is 2.62. The summed E-state index contributed by atoms with van der Waals surface area (Å²) in [6.07, 6.45) is 9.52. The topological polar surface area (TPSA) is 0 Å². The fraction of sp³-hybridized carbons (Fsp3) is 0.600. The highest BCUT2D eigenvalue weighted by molar-refractivity contribution is 8.17. The summed E-state index contributed by atoms with van der Waals surface area (Å²) in [5.74, 6) is 1.10. The van der Waals surface area contributed by atoms with E-state index in [1.54, 1.807) is 0 Å². The van der Waals surface area contributed by atoms with Crippen molar-refractivity contribution in [2.45, 2.75) is 24.3 Å². The van der Waals surface area contributed by atoms with Gasteiger partial charge in [0.25, 0.3) is 0 Å². The molecular formula is C10H18S2. The van der Waals surface area contributed by atoms with Gasteiger partial charge in [0.15, 0.2) is 0 Å². The van der Waals surface area contributed by atoms with Gasteiger partial charge in [0.1, 0.15) is 0 Å². The molecule has 0 radical (unpaired) electrons. The summed E-state index contributed by atoms with van der Waals surface area (Å²) < 4.78 is 0.307. The van der Waals surface area contributed by atoms with Crippen LogP contribution in [0.15, 0.2) is 24.8 Å². The van der Waals surface area contributed by atoms with Crippen molar-refractivity contribution >= 4 is 23.5 Å². The van der Waals surface area contributed by atoms with Crippen molar-refractivity contribution in [1.82, 2.24) is 0 Å². The summed E-state index contributed by atoms with van der Waals surface area (Å²) in [5.41, 5.74) is 0. The minimum atomic E-state index is 0.307. The molecule has 0 heterocycles. The van der Waals surface area contributed by atoms with Gasteiger partial charge in [0.2, 0.25) is 0 Å². The van der Waals surface area contributed by atoms with E-state index in [0.717, 1.165) is 12.2 Å². The first-order valence-electron chi connectivity index (χ1n) is 4.09. The van der Waals surface area contributed by atoms with Gasteiger partial charge in [0, 0.05) is 5.75 Å². The first-order valence-corrected chi connectivity index (χ1v) is 6.30. The van der Waals surface area contributed by atoms with Gasteiger partial charge < -0.3 is 0 Å². The first kappa shape index (κ1) is 12.2. The van der Waals surface area contributed by atoms with E-state index in [1.807, 2.05) is 29.6 Å². The quantitative estimate of drug-likeness (QED) is 0.472. The third kappa shape index (κ3) is 4.94. The van der Waals surface area contributed by atoms with Crippen molar-refractivity contribution in [3.8, 4) is 0 Å². The van der Waals surface area contributed by atoms with Crippen LogP contribution < -0.4 is 0 Å². The van der Waals surface area contributed by atoms with Crippen LogP contribution in [-0.2, 0) is 0 Å². The molecular weight excluding hydrogens is 184 g/mol. The number of rotatable bonds is 6. The van der Waals surface area contributed by atoms with E-state index < -0.39 is 0 Å². The van der Waals surface area contributed by atoms with Crippen LogP contribution in [0.2, 0.25) is 0 Å². The Morgan fingerprint density at radius 3 is 2.58 bits per heavy atom. The SMILES string of the molecule is C=CCC(C)(SC)SCC=CC. The van der Waals surface area contributed by atoms with Crippen LogP contribution in [-0.4, -0.2) is 16.1 Å². The average molecular weight is 202 g/mol. The molecule has 0 aromatic carbocycles. The molecule has 0 aromatic heterocycles. The van der Waals surface area contributed by atoms with Crippen LogP contribution in [0.4, 0.5) is 0 Å². The van der Waals surface area contributed by atoms with Crippen LogP contribution >= 0.6 is 23.5 Å². The van der Waals surface area contributed by atoms with E-state index in [2.05, 4.69) is 38.8 Å². The maximum atomic E-state index is 3.78. The lowest BCUT2D eigenvalue weighted by Crippen LogP contribution is -2.13. The molecule has 0 fully saturated rings. The second kappa shape index (κ2) is 6.67. The highest BCUT2D eigenvalue weighted by Crippen LogP contribution is 2.38. The lowest BCUT2D eigenvalue weighted by Gasteiger charge is -2.24. The smallest absolute Gasteiger partial charge is 0.0617 e. The second-order valence-corrected chi connectivity index (χ2v) is 5.80. The molecule has 0 bridgehead atoms. The number of thioether (sulfide) groups is 2. The molecule has 0 rings (SSSR count). The van der Waals surface area contributed by atoms with Crippen molar-refractivity contribution in [1.29, 1.82) is 0 Å². The van der Waals surface area contributed by atoms with Crippen LogP contribution in [0.5, 0.6) is 0 Å². The largest absolute Gasteiger partial charge is 0.148 e. The minimum Gasteiger partial charge on any atom is -0.148 e. The van der Waals surface area contributed by atoms with E-state index in [-0.39, 0.29) is 0 Å². The van der Waals surface area contributed by atoms with Gasteiger partial charge in [-0.1, -0.05) is 18.2 Å². The molecule has 0 aliphatic heterocycles. The second-order valence-electron chi connectivity index (χ2n) is 2.71. The summed E-state index contributed by atoms with van der Waals surface area (Å²) >= 11 is 3.88. The van der Waals surface area contributed by atoms with Crippen molar-refractivity contribution in [3.63, 3.8) is 0 Å². The highest BCUT2D eigenvalue weighted by atomic mass is 32.2. The van der Waals surface area contributed by atoms with Gasteiger partial charge in [-0.25, -0.2) is 0 Å². The zero-order valence-electron chi connectivity index (χ0n) is 8.17. The molecule has 70 valence electrons. The van der Waals surface area contributed by atoms with Crippen molar-refractivity contribution in [2.24, 2.45) is 0 Å². The van der Waals surface area contributed by atoms with Gasteiger partial charge in [-0.05, 0) is 26.5 Å². The van der Waals surface area contributed by atoms with E-state index in [4.69, 9.17) is 0 Å². The zero-order chi connectivity index (χ0) is 9.45. The predicted octanol–water partition coefficient (Wildman–Crippen LogP) is 3.95. The zero-order valence-corrected chi connectivity index (χ0v) is 9.80. The summed E-state index contributed by atoms with van der Waals surface area (Å²) in [4.78, 5) is 0. The molecule has 0 aliphatic carbocycles. The normalized spacial score (nSPS) is 16.2. The Hall–Kier alpha value is 0.180. The summed E-state index contributed by atoms with van der Waals surface area (Å²) in [6, 6.07) is 0. The Morgan fingerprint density at radius 1 is 1.50 bits per heavy atom. The highest BCUT2D eigenvalue weighted by Gasteiger charge is 2.20. The van der Waals surface area contributed by atoms with Crippen molar-refractivity contribution < 1.29 is 0 Å². The third-order valence-corrected chi connectivity index (χ3v) is 4.69. The molecule has 2 heteroatoms. The number of allylic oxidation sites excluding steroid dienone is 2. The lowest BCUT2D eigenvalue weighted by molar-refractivity contribution is 0.917. The Bertz CT molecular complexity index is 152. The van der Waals surface area contributed by atoms with Gasteiger partial charge in [-0.2, -0.15) is 0 Å². The van der Waals surface area contributed by atoms with Gasteiger partial charge >= 0.3 is 0 Å². The lowest BCUT2D eigenvalue weighted by atomic mass is 10.3. The third-order valence-electron chi connectivity index (χ3n) is 1.67. The number of hydrogen-bond donors (Lipinski definition) is 0. The Labute approximate surface area is 84.9 Å². The van der Waals surface area contributed by atoms with Crippen LogP contribution in [0.25, 0.3) is 0 Å². The molecule has 0 amide bonds.